The molecule has 4 rings (SSSR count). The van der Waals surface area contributed by atoms with Crippen molar-refractivity contribution in [3.8, 4) is 32.8 Å². The fourth-order valence-electron chi connectivity index (χ4n) is 2.35. The molecule has 0 radical (unpaired) electrons. The summed E-state index contributed by atoms with van der Waals surface area (Å²) in [6.07, 6.45) is 2.47. The molecule has 7 nitrogen and oxygen atoms in total. The Labute approximate surface area is 142 Å². The van der Waals surface area contributed by atoms with Gasteiger partial charge < -0.3 is 19.3 Å². The average molecular weight is 344 g/mol. The zero-order valence-corrected chi connectivity index (χ0v) is 14.1. The number of rotatable bonds is 5. The monoisotopic (exact) mass is 344 g/mol. The summed E-state index contributed by atoms with van der Waals surface area (Å²) >= 11 is 1.50. The molecule has 1 unspecified atom stereocenters. The maximum Gasteiger partial charge on any atom is 0.269 e. The van der Waals surface area contributed by atoms with Crippen LogP contribution in [-0.4, -0.2) is 35.0 Å². The molecule has 1 aromatic carbocycles. The molecule has 0 bridgehead atoms. The maximum atomic E-state index is 5.41. The summed E-state index contributed by atoms with van der Waals surface area (Å²) in [5, 5.41) is 8.05. The van der Waals surface area contributed by atoms with Crippen LogP contribution >= 0.6 is 11.3 Å². The largest absolute Gasteiger partial charge is 0.454 e. The van der Waals surface area contributed by atoms with Crippen LogP contribution in [0.15, 0.2) is 28.9 Å². The van der Waals surface area contributed by atoms with Crippen molar-refractivity contribution in [1.29, 1.82) is 0 Å². The van der Waals surface area contributed by atoms with Crippen molar-refractivity contribution in [2.45, 2.75) is 19.4 Å². The normalized spacial score (nSPS) is 14.1. The molecule has 0 saturated carbocycles. The van der Waals surface area contributed by atoms with Crippen molar-refractivity contribution in [3.05, 3.63) is 30.2 Å². The standard InChI is InChI=1S/C16H16N4O3S/c1-9(17-2)5-14-19-15(23-20-14)13-7-18-16(24-13)10-3-4-11-12(6-10)22-8-21-11/h3-4,6-7,9,17H,5,8H2,1-2H3. The van der Waals surface area contributed by atoms with Gasteiger partial charge in [-0.25, -0.2) is 4.98 Å². The van der Waals surface area contributed by atoms with E-state index in [9.17, 15) is 0 Å². The van der Waals surface area contributed by atoms with Gasteiger partial charge in [0.15, 0.2) is 17.3 Å². The smallest absolute Gasteiger partial charge is 0.269 e. The quantitative estimate of drug-likeness (QED) is 0.762. The summed E-state index contributed by atoms with van der Waals surface area (Å²) in [6.45, 7) is 2.33. The first-order chi connectivity index (χ1) is 11.7. The van der Waals surface area contributed by atoms with E-state index >= 15 is 0 Å². The molecule has 1 aliphatic heterocycles. The number of ether oxygens (including phenoxy) is 2. The van der Waals surface area contributed by atoms with Gasteiger partial charge in [0, 0.05) is 18.0 Å². The minimum Gasteiger partial charge on any atom is -0.454 e. The molecule has 3 heterocycles. The van der Waals surface area contributed by atoms with E-state index in [4.69, 9.17) is 14.0 Å². The zero-order valence-electron chi connectivity index (χ0n) is 13.3. The minimum atomic E-state index is 0.262. The lowest BCUT2D eigenvalue weighted by molar-refractivity contribution is 0.174. The second-order valence-electron chi connectivity index (χ2n) is 5.51. The highest BCUT2D eigenvalue weighted by Gasteiger charge is 2.17. The second-order valence-corrected chi connectivity index (χ2v) is 6.54. The van der Waals surface area contributed by atoms with Gasteiger partial charge in [-0.05, 0) is 32.2 Å². The lowest BCUT2D eigenvalue weighted by atomic mass is 10.2. The molecule has 1 atom stereocenters. The van der Waals surface area contributed by atoms with Gasteiger partial charge in [-0.3, -0.25) is 0 Å². The predicted molar refractivity (Wildman–Crippen MR) is 89.2 cm³/mol. The van der Waals surface area contributed by atoms with E-state index in [1.165, 1.54) is 11.3 Å². The van der Waals surface area contributed by atoms with Crippen molar-refractivity contribution < 1.29 is 14.0 Å². The molecule has 0 amide bonds. The Kier molecular flexibility index (Phi) is 3.91. The van der Waals surface area contributed by atoms with Gasteiger partial charge in [0.1, 0.15) is 9.88 Å². The number of likely N-dealkylation sites (N-methyl/N-ethyl adjacent to an activating group) is 1. The van der Waals surface area contributed by atoms with Crippen molar-refractivity contribution in [1.82, 2.24) is 20.4 Å². The lowest BCUT2D eigenvalue weighted by Gasteiger charge is -2.04. The average Bonchev–Trinajstić information content (AvgIpc) is 3.33. The minimum absolute atomic E-state index is 0.262. The van der Waals surface area contributed by atoms with Gasteiger partial charge in [0.25, 0.3) is 5.89 Å². The number of nitrogens with one attached hydrogen (secondary N) is 1. The van der Waals surface area contributed by atoms with Crippen molar-refractivity contribution in [2.24, 2.45) is 0 Å². The molecule has 24 heavy (non-hydrogen) atoms. The summed E-state index contributed by atoms with van der Waals surface area (Å²) in [6, 6.07) is 6.08. The summed E-state index contributed by atoms with van der Waals surface area (Å²) < 4.78 is 16.1. The van der Waals surface area contributed by atoms with Crippen LogP contribution in [-0.2, 0) is 6.42 Å². The van der Waals surface area contributed by atoms with E-state index in [2.05, 4.69) is 27.4 Å². The molecule has 1 N–H and O–H groups in total. The number of benzene rings is 1. The zero-order chi connectivity index (χ0) is 16.5. The molecule has 0 spiro atoms. The predicted octanol–water partition coefficient (Wildman–Crippen LogP) is 2.74. The number of aromatic nitrogens is 3. The Hall–Kier alpha value is -2.45. The number of nitrogens with zero attached hydrogens (tertiary/aromatic N) is 3. The molecule has 124 valence electrons. The summed E-state index contributed by atoms with van der Waals surface area (Å²) in [7, 11) is 1.91. The molecule has 0 fully saturated rings. The molecular weight excluding hydrogens is 328 g/mol. The Morgan fingerprint density at radius 2 is 2.17 bits per heavy atom. The van der Waals surface area contributed by atoms with Crippen LogP contribution in [0.1, 0.15) is 12.7 Å². The molecule has 0 saturated heterocycles. The first-order valence-corrected chi connectivity index (χ1v) is 8.40. The van der Waals surface area contributed by atoms with Gasteiger partial charge in [-0.15, -0.1) is 11.3 Å². The van der Waals surface area contributed by atoms with Crippen LogP contribution in [0.25, 0.3) is 21.3 Å². The maximum absolute atomic E-state index is 5.41. The van der Waals surface area contributed by atoms with Crippen LogP contribution in [0.5, 0.6) is 11.5 Å². The highest BCUT2D eigenvalue weighted by atomic mass is 32.1. The number of hydrogen-bond acceptors (Lipinski definition) is 8. The van der Waals surface area contributed by atoms with Gasteiger partial charge in [0.05, 0.1) is 6.20 Å². The molecule has 2 aromatic heterocycles. The van der Waals surface area contributed by atoms with Crippen LogP contribution in [0, 0.1) is 0 Å². The fourth-order valence-corrected chi connectivity index (χ4v) is 3.18. The lowest BCUT2D eigenvalue weighted by Crippen LogP contribution is -2.24. The van der Waals surface area contributed by atoms with Crippen molar-refractivity contribution >= 4 is 11.3 Å². The van der Waals surface area contributed by atoms with Crippen molar-refractivity contribution in [2.75, 3.05) is 13.8 Å². The number of fused-ring (bicyclic) bond motifs is 1. The van der Waals surface area contributed by atoms with E-state index in [0.717, 1.165) is 26.9 Å². The SMILES string of the molecule is CNC(C)Cc1noc(-c2cnc(-c3ccc4c(c3)OCO4)s2)n1. The van der Waals surface area contributed by atoms with Gasteiger partial charge >= 0.3 is 0 Å². The molecule has 3 aromatic rings. The third-order valence-electron chi connectivity index (χ3n) is 3.79. The molecular formula is C16H16N4O3S. The van der Waals surface area contributed by atoms with Gasteiger partial charge in [-0.1, -0.05) is 5.16 Å². The first-order valence-electron chi connectivity index (χ1n) is 7.59. The van der Waals surface area contributed by atoms with E-state index in [1.54, 1.807) is 6.20 Å². The third kappa shape index (κ3) is 2.85. The number of thiazole rings is 1. The van der Waals surface area contributed by atoms with Crippen LogP contribution in [0.4, 0.5) is 0 Å². The molecule has 8 heteroatoms. The van der Waals surface area contributed by atoms with Gasteiger partial charge in [-0.2, -0.15) is 4.98 Å². The Morgan fingerprint density at radius 1 is 1.29 bits per heavy atom. The topological polar surface area (TPSA) is 82.3 Å². The second kappa shape index (κ2) is 6.21. The fraction of sp³-hybridized carbons (Fsp3) is 0.312. The summed E-state index contributed by atoms with van der Waals surface area (Å²) in [5.41, 5.74) is 0.971. The van der Waals surface area contributed by atoms with Gasteiger partial charge in [0.2, 0.25) is 6.79 Å². The summed E-state index contributed by atoms with van der Waals surface area (Å²) in [5.74, 6) is 2.68. The van der Waals surface area contributed by atoms with Crippen LogP contribution in [0.3, 0.4) is 0 Å². The third-order valence-corrected chi connectivity index (χ3v) is 4.82. The van der Waals surface area contributed by atoms with Crippen LogP contribution in [0.2, 0.25) is 0 Å². The number of hydrogen-bond donors (Lipinski definition) is 1. The first kappa shape index (κ1) is 15.1. The highest BCUT2D eigenvalue weighted by Crippen LogP contribution is 2.38. The Morgan fingerprint density at radius 3 is 3.04 bits per heavy atom. The van der Waals surface area contributed by atoms with E-state index < -0.39 is 0 Å². The Balaban J connectivity index is 1.56. The van der Waals surface area contributed by atoms with Crippen LogP contribution < -0.4 is 14.8 Å². The van der Waals surface area contributed by atoms with E-state index in [1.807, 2.05) is 25.2 Å². The van der Waals surface area contributed by atoms with E-state index in [-0.39, 0.29) is 6.79 Å². The Bertz CT molecular complexity index is 861. The van der Waals surface area contributed by atoms with Crippen molar-refractivity contribution in [3.63, 3.8) is 0 Å². The molecule has 1 aliphatic rings. The highest BCUT2D eigenvalue weighted by molar-refractivity contribution is 7.18. The van der Waals surface area contributed by atoms with E-state index in [0.29, 0.717) is 24.2 Å². The summed E-state index contributed by atoms with van der Waals surface area (Å²) in [4.78, 5) is 9.74. The molecule has 0 aliphatic carbocycles.